The van der Waals surface area contributed by atoms with Crippen LogP contribution in [0.3, 0.4) is 0 Å². The van der Waals surface area contributed by atoms with Gasteiger partial charge in [-0.15, -0.1) is 0 Å². The summed E-state index contributed by atoms with van der Waals surface area (Å²) in [5.41, 5.74) is 5.54. The number of hydrogen-bond acceptors (Lipinski definition) is 6. The van der Waals surface area contributed by atoms with Crippen molar-refractivity contribution in [1.82, 2.24) is 5.32 Å². The molecule has 0 aliphatic carbocycles. The average Bonchev–Trinajstić information content (AvgIpc) is 2.36. The average molecular weight is 330 g/mol. The molecule has 1 rings (SSSR count). The van der Waals surface area contributed by atoms with E-state index in [1.54, 1.807) is 6.07 Å². The van der Waals surface area contributed by atoms with Gasteiger partial charge in [-0.3, -0.25) is 14.8 Å². The molecular formula is C12H18N4O5S. The van der Waals surface area contributed by atoms with Gasteiger partial charge in [-0.25, -0.2) is 13.2 Å². The molecule has 0 aliphatic heterocycles. The van der Waals surface area contributed by atoms with Crippen LogP contribution < -0.4 is 25.8 Å². The lowest BCUT2D eigenvalue weighted by atomic mass is 10.2. The second kappa shape index (κ2) is 6.98. The molecule has 0 radical (unpaired) electrons. The second-order valence-corrected chi connectivity index (χ2v) is 6.26. The zero-order valence-electron chi connectivity index (χ0n) is 12.3. The Hall–Kier alpha value is -2.49. The molecule has 5 N–H and O–H groups in total. The van der Waals surface area contributed by atoms with Gasteiger partial charge in [0.1, 0.15) is 11.8 Å². The van der Waals surface area contributed by atoms with Crippen molar-refractivity contribution in [3.05, 3.63) is 18.2 Å². The summed E-state index contributed by atoms with van der Waals surface area (Å²) in [6.07, 6.45) is 1.01. The van der Waals surface area contributed by atoms with Crippen LogP contribution in [0.15, 0.2) is 18.2 Å². The van der Waals surface area contributed by atoms with Crippen LogP contribution in [-0.2, 0) is 14.8 Å². The van der Waals surface area contributed by atoms with Gasteiger partial charge in [-0.05, 0) is 25.1 Å². The first-order valence-electron chi connectivity index (χ1n) is 6.15. The molecule has 10 heteroatoms. The number of imide groups is 1. The largest absolute Gasteiger partial charge is 0.495 e. The first-order valence-corrected chi connectivity index (χ1v) is 8.04. The van der Waals surface area contributed by atoms with Gasteiger partial charge in [0.2, 0.25) is 15.9 Å². The molecule has 122 valence electrons. The summed E-state index contributed by atoms with van der Waals surface area (Å²) in [4.78, 5) is 22.2. The standard InChI is InChI=1S/C12H18N4O5S/c1-7(11(17)15-12(13)18)14-8-4-5-10(21-2)9(6-8)16-22(3,19)20/h4-7,14,16H,1-3H3,(H3,13,15,17,18)/t7-/m1/s1. The molecule has 0 unspecified atom stereocenters. The van der Waals surface area contributed by atoms with Gasteiger partial charge in [0.15, 0.2) is 0 Å². The Bertz CT molecular complexity index is 674. The number of hydrogen-bond donors (Lipinski definition) is 4. The highest BCUT2D eigenvalue weighted by molar-refractivity contribution is 7.92. The number of methoxy groups -OCH3 is 1. The quantitative estimate of drug-likeness (QED) is 0.581. The molecule has 0 saturated heterocycles. The number of carbonyl (C=O) groups excluding carboxylic acids is 2. The zero-order valence-corrected chi connectivity index (χ0v) is 13.2. The van der Waals surface area contributed by atoms with E-state index in [9.17, 15) is 18.0 Å². The van der Waals surface area contributed by atoms with Crippen LogP contribution in [0, 0.1) is 0 Å². The molecule has 3 amide bonds. The van der Waals surface area contributed by atoms with Crippen molar-refractivity contribution in [2.75, 3.05) is 23.4 Å². The molecule has 0 spiro atoms. The number of amides is 3. The summed E-state index contributed by atoms with van der Waals surface area (Å²) in [5.74, 6) is -0.286. The molecule has 1 aromatic rings. The van der Waals surface area contributed by atoms with E-state index < -0.39 is 28.0 Å². The first-order chi connectivity index (χ1) is 10.1. The summed E-state index contributed by atoms with van der Waals surface area (Å²) in [5, 5.41) is 4.75. The van der Waals surface area contributed by atoms with E-state index in [1.807, 2.05) is 5.32 Å². The minimum atomic E-state index is -3.49. The van der Waals surface area contributed by atoms with E-state index in [1.165, 1.54) is 26.2 Å². The lowest BCUT2D eigenvalue weighted by Crippen LogP contribution is -2.43. The van der Waals surface area contributed by atoms with Gasteiger partial charge in [0.05, 0.1) is 19.1 Å². The number of nitrogens with two attached hydrogens (primary N) is 1. The number of urea groups is 1. The normalized spacial score (nSPS) is 12.1. The van der Waals surface area contributed by atoms with Gasteiger partial charge >= 0.3 is 6.03 Å². The number of carbonyl (C=O) groups is 2. The van der Waals surface area contributed by atoms with Gasteiger partial charge in [0.25, 0.3) is 0 Å². The maximum absolute atomic E-state index is 11.6. The monoisotopic (exact) mass is 330 g/mol. The molecule has 0 saturated carbocycles. The summed E-state index contributed by atoms with van der Waals surface area (Å²) in [7, 11) is -2.08. The molecule has 9 nitrogen and oxygen atoms in total. The Kier molecular flexibility index (Phi) is 5.57. The molecule has 0 aromatic heterocycles. The summed E-state index contributed by atoms with van der Waals surface area (Å²) >= 11 is 0. The smallest absolute Gasteiger partial charge is 0.318 e. The molecule has 22 heavy (non-hydrogen) atoms. The van der Waals surface area contributed by atoms with Crippen molar-refractivity contribution >= 4 is 33.3 Å². The van der Waals surface area contributed by atoms with E-state index in [4.69, 9.17) is 10.5 Å². The van der Waals surface area contributed by atoms with Gasteiger partial charge in [-0.1, -0.05) is 0 Å². The first kappa shape index (κ1) is 17.6. The van der Waals surface area contributed by atoms with Crippen molar-refractivity contribution in [2.45, 2.75) is 13.0 Å². The molecule has 0 fully saturated rings. The van der Waals surface area contributed by atoms with Gasteiger partial charge in [-0.2, -0.15) is 0 Å². The van der Waals surface area contributed by atoms with E-state index in [2.05, 4.69) is 10.0 Å². The Morgan fingerprint density at radius 1 is 1.32 bits per heavy atom. The van der Waals surface area contributed by atoms with Crippen molar-refractivity contribution < 1.29 is 22.7 Å². The lowest BCUT2D eigenvalue weighted by molar-refractivity contribution is -0.120. The third-order valence-electron chi connectivity index (χ3n) is 2.52. The van der Waals surface area contributed by atoms with Crippen molar-refractivity contribution in [3.8, 4) is 5.75 Å². The van der Waals surface area contributed by atoms with Crippen LogP contribution in [-0.4, -0.2) is 39.8 Å². The van der Waals surface area contributed by atoms with E-state index >= 15 is 0 Å². The van der Waals surface area contributed by atoms with Crippen LogP contribution in [0.4, 0.5) is 16.2 Å². The highest BCUT2D eigenvalue weighted by Crippen LogP contribution is 2.28. The van der Waals surface area contributed by atoms with Gasteiger partial charge in [0, 0.05) is 5.69 Å². The van der Waals surface area contributed by atoms with E-state index in [0.717, 1.165) is 6.26 Å². The third-order valence-corrected chi connectivity index (χ3v) is 3.11. The molecule has 1 aromatic carbocycles. The van der Waals surface area contributed by atoms with Gasteiger partial charge < -0.3 is 15.8 Å². The summed E-state index contributed by atoms with van der Waals surface area (Å²) in [6, 6.07) is 2.89. The van der Waals surface area contributed by atoms with Crippen molar-refractivity contribution in [3.63, 3.8) is 0 Å². The maximum atomic E-state index is 11.6. The molecule has 0 heterocycles. The molecule has 0 aliphatic rings. The fraction of sp³-hybridized carbons (Fsp3) is 0.333. The Morgan fingerprint density at radius 3 is 2.45 bits per heavy atom. The number of sulfonamides is 1. The zero-order chi connectivity index (χ0) is 16.9. The van der Waals surface area contributed by atoms with Crippen molar-refractivity contribution in [1.29, 1.82) is 0 Å². The van der Waals surface area contributed by atoms with Crippen LogP contribution in [0.25, 0.3) is 0 Å². The lowest BCUT2D eigenvalue weighted by Gasteiger charge is -2.16. The number of ether oxygens (including phenoxy) is 1. The Labute approximate surface area is 128 Å². The summed E-state index contributed by atoms with van der Waals surface area (Å²) < 4.78 is 30.0. The predicted octanol–water partition coefficient (Wildman–Crippen LogP) is 0.0620. The Morgan fingerprint density at radius 2 is 1.95 bits per heavy atom. The molecule has 0 bridgehead atoms. The molecular weight excluding hydrogens is 312 g/mol. The highest BCUT2D eigenvalue weighted by atomic mass is 32.2. The fourth-order valence-electron chi connectivity index (χ4n) is 1.62. The van der Waals surface area contributed by atoms with Crippen LogP contribution in [0.5, 0.6) is 5.75 Å². The molecule has 1 atom stereocenters. The Balaban J connectivity index is 2.94. The van der Waals surface area contributed by atoms with E-state index in [0.29, 0.717) is 11.4 Å². The number of anilines is 2. The van der Waals surface area contributed by atoms with Crippen LogP contribution in [0.1, 0.15) is 6.92 Å². The second-order valence-electron chi connectivity index (χ2n) is 4.51. The van der Waals surface area contributed by atoms with Crippen molar-refractivity contribution in [2.24, 2.45) is 5.73 Å². The fourth-order valence-corrected chi connectivity index (χ4v) is 2.18. The topological polar surface area (TPSA) is 140 Å². The third kappa shape index (κ3) is 5.48. The number of rotatable bonds is 6. The van der Waals surface area contributed by atoms with Crippen LogP contribution in [0.2, 0.25) is 0 Å². The highest BCUT2D eigenvalue weighted by Gasteiger charge is 2.15. The SMILES string of the molecule is COc1ccc(N[C@H](C)C(=O)NC(N)=O)cc1NS(C)(=O)=O. The van der Waals surface area contributed by atoms with Crippen LogP contribution >= 0.6 is 0 Å². The maximum Gasteiger partial charge on any atom is 0.318 e. The number of benzene rings is 1. The predicted molar refractivity (Wildman–Crippen MR) is 82.3 cm³/mol. The summed E-state index contributed by atoms with van der Waals surface area (Å²) in [6.45, 7) is 1.52. The minimum Gasteiger partial charge on any atom is -0.495 e. The number of nitrogens with one attached hydrogen (secondary N) is 3. The minimum absolute atomic E-state index is 0.220. The number of primary amides is 1. The van der Waals surface area contributed by atoms with E-state index in [-0.39, 0.29) is 5.69 Å².